The molecule has 74 valence electrons. The first-order chi connectivity index (χ1) is 5.87. The maximum Gasteiger partial charge on any atom is 0.335 e. The molecule has 1 aliphatic rings. The lowest BCUT2D eigenvalue weighted by Gasteiger charge is -2.33. The van der Waals surface area contributed by atoms with Crippen LogP contribution in [0.5, 0.6) is 0 Å². The van der Waals surface area contributed by atoms with Gasteiger partial charge in [0.25, 0.3) is 0 Å². The predicted octanol–water partition coefficient (Wildman–Crippen LogP) is 0.525. The molecule has 1 N–H and O–H groups in total. The van der Waals surface area contributed by atoms with Gasteiger partial charge in [0.2, 0.25) is 0 Å². The summed E-state index contributed by atoms with van der Waals surface area (Å²) in [4.78, 5) is 0. The molecule has 0 amide bonds. The minimum Gasteiger partial charge on any atom is -0.273 e. The number of piperidine rings is 1. The number of hydrogen-bond donors (Lipinski definition) is 1. The quantitative estimate of drug-likeness (QED) is 0.499. The van der Waals surface area contributed by atoms with Gasteiger partial charge in [0.05, 0.1) is 0 Å². The molecule has 0 aromatic rings. The van der Waals surface area contributed by atoms with E-state index < -0.39 is 10.3 Å². The highest BCUT2D eigenvalue weighted by atomic mass is 32.2. The number of hydrogen-bond acceptors (Lipinski definition) is 2. The zero-order valence-electron chi connectivity index (χ0n) is 7.52. The molecule has 13 heavy (non-hydrogen) atoms. The monoisotopic (exact) mass is 203 g/mol. The highest BCUT2D eigenvalue weighted by Crippen LogP contribution is 2.30. The molecule has 0 saturated carbocycles. The molecule has 4 nitrogen and oxygen atoms in total. The Morgan fingerprint density at radius 3 is 2.23 bits per heavy atom. The van der Waals surface area contributed by atoms with Crippen molar-refractivity contribution in [2.75, 3.05) is 13.1 Å². The van der Waals surface area contributed by atoms with Crippen LogP contribution in [0.2, 0.25) is 0 Å². The van der Waals surface area contributed by atoms with E-state index in [-0.39, 0.29) is 5.41 Å². The molecule has 1 heterocycles. The summed E-state index contributed by atoms with van der Waals surface area (Å²) in [5, 5.41) is 0. The summed E-state index contributed by atoms with van der Waals surface area (Å²) in [6.07, 6.45) is 6.51. The molecule has 0 atom stereocenters. The van der Waals surface area contributed by atoms with Gasteiger partial charge in [-0.3, -0.25) is 4.55 Å². The van der Waals surface area contributed by atoms with Crippen molar-refractivity contribution in [2.24, 2.45) is 5.41 Å². The van der Waals surface area contributed by atoms with E-state index in [1.54, 1.807) is 0 Å². The molecular weight excluding hydrogens is 190 g/mol. The van der Waals surface area contributed by atoms with Crippen LogP contribution in [0, 0.1) is 17.8 Å². The van der Waals surface area contributed by atoms with Crippen molar-refractivity contribution in [1.82, 2.24) is 4.31 Å². The van der Waals surface area contributed by atoms with Crippen LogP contribution < -0.4 is 0 Å². The Hall–Kier alpha value is -0.570. The Kier molecular flexibility index (Phi) is 2.66. The minimum absolute atomic E-state index is 0.221. The molecule has 1 fully saturated rings. The third-order valence-corrected chi connectivity index (χ3v) is 3.52. The first kappa shape index (κ1) is 10.5. The molecule has 1 saturated heterocycles. The summed E-state index contributed by atoms with van der Waals surface area (Å²) in [5.41, 5.74) is -0.221. The zero-order valence-corrected chi connectivity index (χ0v) is 8.34. The fourth-order valence-corrected chi connectivity index (χ4v) is 2.00. The number of terminal acetylenes is 1. The van der Waals surface area contributed by atoms with Gasteiger partial charge in [0.15, 0.2) is 0 Å². The molecule has 0 bridgehead atoms. The van der Waals surface area contributed by atoms with Gasteiger partial charge in [-0.1, -0.05) is 0 Å². The van der Waals surface area contributed by atoms with Crippen molar-refractivity contribution in [2.45, 2.75) is 19.8 Å². The van der Waals surface area contributed by atoms with Crippen LogP contribution in [-0.4, -0.2) is 30.4 Å². The molecule has 1 rings (SSSR count). The van der Waals surface area contributed by atoms with Crippen LogP contribution >= 0.6 is 0 Å². The van der Waals surface area contributed by atoms with E-state index in [0.717, 1.165) is 4.31 Å². The first-order valence-corrected chi connectivity index (χ1v) is 5.47. The van der Waals surface area contributed by atoms with Gasteiger partial charge in [-0.25, -0.2) is 0 Å². The van der Waals surface area contributed by atoms with E-state index in [1.807, 2.05) is 6.92 Å². The Morgan fingerprint density at radius 2 is 1.92 bits per heavy atom. The third kappa shape index (κ3) is 2.44. The van der Waals surface area contributed by atoms with Crippen molar-refractivity contribution in [3.05, 3.63) is 0 Å². The van der Waals surface area contributed by atoms with E-state index in [1.165, 1.54) is 0 Å². The van der Waals surface area contributed by atoms with Crippen LogP contribution in [0.4, 0.5) is 0 Å². The van der Waals surface area contributed by atoms with E-state index in [0.29, 0.717) is 25.9 Å². The number of rotatable bonds is 1. The van der Waals surface area contributed by atoms with E-state index in [9.17, 15) is 8.42 Å². The lowest BCUT2D eigenvalue weighted by Crippen LogP contribution is -2.41. The van der Waals surface area contributed by atoms with E-state index in [4.69, 9.17) is 11.0 Å². The van der Waals surface area contributed by atoms with Crippen LogP contribution in [-0.2, 0) is 10.3 Å². The second-order valence-corrected chi connectivity index (χ2v) is 4.99. The molecule has 0 aromatic carbocycles. The summed E-state index contributed by atoms with van der Waals surface area (Å²) >= 11 is 0. The molecule has 1 aliphatic heterocycles. The molecule has 0 unspecified atom stereocenters. The minimum atomic E-state index is -4.02. The summed E-state index contributed by atoms with van der Waals surface area (Å²) in [7, 11) is -4.02. The van der Waals surface area contributed by atoms with Gasteiger partial charge in [-0.15, -0.1) is 12.3 Å². The SMILES string of the molecule is C#CC1(C)CCN(S(=O)(=O)O)CC1. The normalized spacial score (nSPS) is 23.8. The van der Waals surface area contributed by atoms with Crippen molar-refractivity contribution < 1.29 is 13.0 Å². The van der Waals surface area contributed by atoms with Gasteiger partial charge >= 0.3 is 10.3 Å². The Balaban J connectivity index is 2.65. The van der Waals surface area contributed by atoms with Gasteiger partial charge in [0, 0.05) is 18.5 Å². The molecule has 0 aromatic heterocycles. The average molecular weight is 203 g/mol. The predicted molar refractivity (Wildman–Crippen MR) is 49.3 cm³/mol. The highest BCUT2D eigenvalue weighted by Gasteiger charge is 2.32. The van der Waals surface area contributed by atoms with Crippen molar-refractivity contribution in [1.29, 1.82) is 0 Å². The van der Waals surface area contributed by atoms with Crippen LogP contribution in [0.25, 0.3) is 0 Å². The fourth-order valence-electron chi connectivity index (χ4n) is 1.35. The zero-order chi connectivity index (χ0) is 10.1. The molecule has 0 spiro atoms. The highest BCUT2D eigenvalue weighted by molar-refractivity contribution is 7.83. The Morgan fingerprint density at radius 1 is 1.46 bits per heavy atom. The summed E-state index contributed by atoms with van der Waals surface area (Å²) in [6, 6.07) is 0. The molecule has 0 radical (unpaired) electrons. The van der Waals surface area contributed by atoms with Gasteiger partial charge < -0.3 is 0 Å². The maximum atomic E-state index is 10.7. The van der Waals surface area contributed by atoms with Crippen LogP contribution in [0.1, 0.15) is 19.8 Å². The first-order valence-electron chi connectivity index (χ1n) is 4.08. The van der Waals surface area contributed by atoms with Crippen LogP contribution in [0.3, 0.4) is 0 Å². The Bertz CT molecular complexity index is 320. The second-order valence-electron chi connectivity index (χ2n) is 3.58. The van der Waals surface area contributed by atoms with Gasteiger partial charge in [-0.2, -0.15) is 12.7 Å². The van der Waals surface area contributed by atoms with E-state index >= 15 is 0 Å². The van der Waals surface area contributed by atoms with Crippen molar-refractivity contribution in [3.8, 4) is 12.3 Å². The van der Waals surface area contributed by atoms with Gasteiger partial charge in [0.1, 0.15) is 0 Å². The third-order valence-electron chi connectivity index (χ3n) is 2.50. The molecule has 0 aliphatic carbocycles. The molecule has 5 heteroatoms. The standard InChI is InChI=1S/C8H13NO3S/c1-3-8(2)4-6-9(7-5-8)13(10,11)12/h1H,4-7H2,2H3,(H,10,11,12). The van der Waals surface area contributed by atoms with Crippen molar-refractivity contribution in [3.63, 3.8) is 0 Å². The largest absolute Gasteiger partial charge is 0.335 e. The second kappa shape index (κ2) is 3.29. The fraction of sp³-hybridized carbons (Fsp3) is 0.750. The van der Waals surface area contributed by atoms with Gasteiger partial charge in [-0.05, 0) is 19.8 Å². The summed E-state index contributed by atoms with van der Waals surface area (Å²) in [5.74, 6) is 2.65. The topological polar surface area (TPSA) is 57.6 Å². The lowest BCUT2D eigenvalue weighted by atomic mass is 9.82. The smallest absolute Gasteiger partial charge is 0.273 e. The molecular formula is C8H13NO3S. The Labute approximate surface area is 78.8 Å². The van der Waals surface area contributed by atoms with Crippen molar-refractivity contribution >= 4 is 10.3 Å². The van der Waals surface area contributed by atoms with Crippen LogP contribution in [0.15, 0.2) is 0 Å². The average Bonchev–Trinajstić information content (AvgIpc) is 2.04. The summed E-state index contributed by atoms with van der Waals surface area (Å²) < 4.78 is 31.2. The summed E-state index contributed by atoms with van der Waals surface area (Å²) in [6.45, 7) is 2.54. The van der Waals surface area contributed by atoms with E-state index in [2.05, 4.69) is 5.92 Å². The maximum absolute atomic E-state index is 10.7. The number of nitrogens with zero attached hydrogens (tertiary/aromatic N) is 1. The lowest BCUT2D eigenvalue weighted by molar-refractivity contribution is 0.220.